The lowest BCUT2D eigenvalue weighted by atomic mass is 10.1. The Bertz CT molecular complexity index is 1090. The van der Waals surface area contributed by atoms with Gasteiger partial charge in [-0.1, -0.05) is 23.7 Å². The summed E-state index contributed by atoms with van der Waals surface area (Å²) in [4.78, 5) is 26.5. The molecule has 0 radical (unpaired) electrons. The number of anilines is 3. The second-order valence-electron chi connectivity index (χ2n) is 6.50. The van der Waals surface area contributed by atoms with Gasteiger partial charge >= 0.3 is 0 Å². The maximum absolute atomic E-state index is 13.2. The molecule has 10 heteroatoms. The number of carbonyl (C=O) groups excluding carboxylic acids is 2. The Kier molecular flexibility index (Phi) is 4.43. The first-order valence-electron chi connectivity index (χ1n) is 8.38. The molecule has 28 heavy (non-hydrogen) atoms. The van der Waals surface area contributed by atoms with Gasteiger partial charge in [-0.25, -0.2) is 8.42 Å². The first-order valence-corrected chi connectivity index (χ1v) is 10.6. The summed E-state index contributed by atoms with van der Waals surface area (Å²) in [7, 11) is -3.68. The number of rotatable bonds is 2. The van der Waals surface area contributed by atoms with E-state index in [4.69, 9.17) is 16.3 Å². The van der Waals surface area contributed by atoms with Gasteiger partial charge in [-0.05, 0) is 30.3 Å². The van der Waals surface area contributed by atoms with Crippen LogP contribution in [0.1, 0.15) is 0 Å². The van der Waals surface area contributed by atoms with Gasteiger partial charge in [-0.2, -0.15) is 0 Å². The van der Waals surface area contributed by atoms with Crippen LogP contribution in [0, 0.1) is 0 Å². The topological polar surface area (TPSA) is 96.0 Å². The zero-order chi connectivity index (χ0) is 20.1. The van der Waals surface area contributed by atoms with Crippen molar-refractivity contribution >= 4 is 50.5 Å². The number of nitrogens with zero attached hydrogens (tertiary/aromatic N) is 2. The average molecular weight is 422 g/mol. The molecule has 0 fully saturated rings. The Balaban J connectivity index is 1.71. The number of para-hydroxylation sites is 2. The van der Waals surface area contributed by atoms with E-state index in [1.807, 2.05) is 0 Å². The van der Waals surface area contributed by atoms with Gasteiger partial charge in [0.25, 0.3) is 5.91 Å². The molecule has 0 bridgehead atoms. The summed E-state index contributed by atoms with van der Waals surface area (Å²) in [6.07, 6.45) is -0.0591. The van der Waals surface area contributed by atoms with Crippen molar-refractivity contribution in [3.05, 3.63) is 47.5 Å². The number of carbonyl (C=O) groups is 2. The summed E-state index contributed by atoms with van der Waals surface area (Å²) in [6.45, 7) is -0.395. The molecule has 0 saturated carbocycles. The van der Waals surface area contributed by atoms with E-state index in [-0.39, 0.29) is 30.4 Å². The molecule has 2 aromatic carbocycles. The lowest BCUT2D eigenvalue weighted by Crippen LogP contribution is -2.54. The number of benzene rings is 2. The van der Waals surface area contributed by atoms with Crippen molar-refractivity contribution in [2.24, 2.45) is 0 Å². The molecule has 1 unspecified atom stereocenters. The van der Waals surface area contributed by atoms with Crippen molar-refractivity contribution in [2.45, 2.75) is 6.10 Å². The van der Waals surface area contributed by atoms with E-state index in [9.17, 15) is 18.0 Å². The minimum atomic E-state index is -3.68. The fourth-order valence-electron chi connectivity index (χ4n) is 3.27. The average Bonchev–Trinajstić information content (AvgIpc) is 2.65. The Hall–Kier alpha value is -2.78. The maximum Gasteiger partial charge on any atom is 0.270 e. The zero-order valence-electron chi connectivity index (χ0n) is 14.8. The zero-order valence-corrected chi connectivity index (χ0v) is 16.3. The third-order valence-corrected chi connectivity index (χ3v) is 5.88. The summed E-state index contributed by atoms with van der Waals surface area (Å²) in [5, 5.41) is 3.06. The van der Waals surface area contributed by atoms with Crippen molar-refractivity contribution < 1.29 is 22.7 Å². The monoisotopic (exact) mass is 421 g/mol. The van der Waals surface area contributed by atoms with Crippen LogP contribution in [0.15, 0.2) is 42.5 Å². The van der Waals surface area contributed by atoms with Crippen LogP contribution in [-0.4, -0.2) is 45.7 Å². The molecule has 2 amide bonds. The fourth-order valence-corrected chi connectivity index (χ4v) is 4.34. The first-order chi connectivity index (χ1) is 13.2. The number of nitrogens with one attached hydrogen (secondary N) is 1. The molecule has 0 aliphatic carbocycles. The highest BCUT2D eigenvalue weighted by Crippen LogP contribution is 2.38. The molecule has 146 valence electrons. The molecule has 2 aromatic rings. The highest BCUT2D eigenvalue weighted by atomic mass is 35.5. The predicted molar refractivity (Wildman–Crippen MR) is 105 cm³/mol. The number of halogens is 1. The van der Waals surface area contributed by atoms with Crippen molar-refractivity contribution in [1.29, 1.82) is 0 Å². The molecule has 0 aromatic heterocycles. The summed E-state index contributed by atoms with van der Waals surface area (Å²) < 4.78 is 31.5. The van der Waals surface area contributed by atoms with Gasteiger partial charge in [-0.3, -0.25) is 18.8 Å². The Morgan fingerprint density at radius 2 is 1.96 bits per heavy atom. The molecule has 2 heterocycles. The van der Waals surface area contributed by atoms with Gasteiger partial charge in [0.15, 0.2) is 6.10 Å². The Labute approximate surface area is 166 Å². The Morgan fingerprint density at radius 1 is 1.21 bits per heavy atom. The second-order valence-corrected chi connectivity index (χ2v) is 8.85. The molecule has 2 aliphatic rings. The van der Waals surface area contributed by atoms with Crippen LogP contribution < -0.4 is 19.3 Å². The summed E-state index contributed by atoms with van der Waals surface area (Å²) in [6, 6.07) is 11.4. The highest BCUT2D eigenvalue weighted by Gasteiger charge is 2.39. The van der Waals surface area contributed by atoms with Gasteiger partial charge in [-0.15, -0.1) is 0 Å². The van der Waals surface area contributed by atoms with Crippen molar-refractivity contribution in [1.82, 2.24) is 0 Å². The van der Waals surface area contributed by atoms with Gasteiger partial charge in [0, 0.05) is 5.02 Å². The molecule has 4 rings (SSSR count). The van der Waals surface area contributed by atoms with Crippen molar-refractivity contribution in [2.75, 3.05) is 33.9 Å². The molecule has 8 nitrogen and oxygen atoms in total. The quantitative estimate of drug-likeness (QED) is 0.798. The molecule has 1 N–H and O–H groups in total. The fraction of sp³-hybridized carbons (Fsp3) is 0.222. The summed E-state index contributed by atoms with van der Waals surface area (Å²) in [5.74, 6) is -0.610. The van der Waals surface area contributed by atoms with Gasteiger partial charge in [0.05, 0.1) is 29.9 Å². The van der Waals surface area contributed by atoms with Crippen LogP contribution in [-0.2, 0) is 19.6 Å². The van der Waals surface area contributed by atoms with E-state index >= 15 is 0 Å². The van der Waals surface area contributed by atoms with E-state index in [1.54, 1.807) is 30.3 Å². The lowest BCUT2D eigenvalue weighted by molar-refractivity contribution is -0.127. The molecule has 2 aliphatic heterocycles. The molecule has 0 spiro atoms. The summed E-state index contributed by atoms with van der Waals surface area (Å²) >= 11 is 5.99. The molecular formula is C18H16ClN3O5S. The van der Waals surface area contributed by atoms with Crippen molar-refractivity contribution in [3.8, 4) is 5.75 Å². The second kappa shape index (κ2) is 6.68. The highest BCUT2D eigenvalue weighted by molar-refractivity contribution is 7.92. The number of ether oxygens (including phenoxy) is 1. The molecular weight excluding hydrogens is 406 g/mol. The van der Waals surface area contributed by atoms with Gasteiger partial charge < -0.3 is 10.1 Å². The van der Waals surface area contributed by atoms with E-state index in [2.05, 4.69) is 5.32 Å². The van der Waals surface area contributed by atoms with Crippen LogP contribution in [0.2, 0.25) is 5.02 Å². The predicted octanol–water partition coefficient (Wildman–Crippen LogP) is 1.85. The maximum atomic E-state index is 13.2. The number of amides is 2. The van der Waals surface area contributed by atoms with Crippen LogP contribution >= 0.6 is 11.6 Å². The van der Waals surface area contributed by atoms with E-state index in [0.29, 0.717) is 16.4 Å². The molecule has 1 atom stereocenters. The largest absolute Gasteiger partial charge is 0.476 e. The standard InChI is InChI=1S/C18H16ClN3O5S/c1-28(25,26)22-9-16(27-15-7-6-11(19)8-14(15)22)18(24)21-10-17(23)20-12-4-2-3-5-13(12)21/h2-8,16H,9-10H2,1H3,(H,20,23). The van der Waals surface area contributed by atoms with Crippen LogP contribution in [0.25, 0.3) is 0 Å². The van der Waals surface area contributed by atoms with E-state index < -0.39 is 22.0 Å². The van der Waals surface area contributed by atoms with Crippen LogP contribution in [0.3, 0.4) is 0 Å². The molecule has 0 saturated heterocycles. The summed E-state index contributed by atoms with van der Waals surface area (Å²) in [5.41, 5.74) is 1.31. The normalized spacial score (nSPS) is 18.6. The van der Waals surface area contributed by atoms with Crippen LogP contribution in [0.5, 0.6) is 5.75 Å². The number of fused-ring (bicyclic) bond motifs is 2. The SMILES string of the molecule is CS(=O)(=O)N1CC(C(=O)N2CC(=O)Nc3ccccc32)Oc2ccc(Cl)cc21. The van der Waals surface area contributed by atoms with Crippen molar-refractivity contribution in [3.63, 3.8) is 0 Å². The van der Waals surface area contributed by atoms with Gasteiger partial charge in [0.1, 0.15) is 12.3 Å². The first kappa shape index (κ1) is 18.6. The van der Waals surface area contributed by atoms with Crippen LogP contribution in [0.4, 0.5) is 17.1 Å². The lowest BCUT2D eigenvalue weighted by Gasteiger charge is -2.37. The number of hydrogen-bond acceptors (Lipinski definition) is 5. The number of hydrogen-bond donors (Lipinski definition) is 1. The van der Waals surface area contributed by atoms with E-state index in [0.717, 1.165) is 10.6 Å². The Morgan fingerprint density at radius 3 is 2.71 bits per heavy atom. The third kappa shape index (κ3) is 3.27. The minimum absolute atomic E-state index is 0.179. The smallest absolute Gasteiger partial charge is 0.270 e. The minimum Gasteiger partial charge on any atom is -0.476 e. The van der Waals surface area contributed by atoms with E-state index in [1.165, 1.54) is 17.0 Å². The number of sulfonamides is 1. The third-order valence-electron chi connectivity index (χ3n) is 4.50. The van der Waals surface area contributed by atoms with Gasteiger partial charge in [0.2, 0.25) is 15.9 Å².